The molecule has 1 aliphatic heterocycles. The number of aliphatic imine (C=N–C) groups is 1. The molecule has 7 nitrogen and oxygen atoms in total. The van der Waals surface area contributed by atoms with Crippen molar-refractivity contribution in [2.75, 3.05) is 26.7 Å². The van der Waals surface area contributed by atoms with Crippen LogP contribution in [0.5, 0.6) is 0 Å². The summed E-state index contributed by atoms with van der Waals surface area (Å²) in [5.74, 6) is 1.82. The van der Waals surface area contributed by atoms with Crippen LogP contribution in [0.1, 0.15) is 24.2 Å². The van der Waals surface area contributed by atoms with E-state index in [1.54, 1.807) is 11.3 Å². The second-order valence-electron chi connectivity index (χ2n) is 7.12. The van der Waals surface area contributed by atoms with Crippen molar-refractivity contribution in [1.82, 2.24) is 30.1 Å². The predicted molar refractivity (Wildman–Crippen MR) is 129 cm³/mol. The highest BCUT2D eigenvalue weighted by Gasteiger charge is 2.20. The lowest BCUT2D eigenvalue weighted by Crippen LogP contribution is -2.48. The quantitative estimate of drug-likeness (QED) is 0.295. The van der Waals surface area contributed by atoms with E-state index in [0.717, 1.165) is 62.9 Å². The van der Waals surface area contributed by atoms with E-state index in [9.17, 15) is 0 Å². The van der Waals surface area contributed by atoms with E-state index in [2.05, 4.69) is 47.5 Å². The van der Waals surface area contributed by atoms with Crippen LogP contribution in [-0.4, -0.2) is 58.2 Å². The summed E-state index contributed by atoms with van der Waals surface area (Å²) in [4.78, 5) is 6.92. The molecule has 1 fully saturated rings. The standard InChI is InChI=1S/C20H27N7S.HI/c1-21-20(22-9-5-19-25-24-18-4-2-3-10-27(18)19)23-17-6-11-26(12-7-17)14-16-8-13-28-15-16;/h2-4,8,10,13,15,17H,5-7,9,11-12,14H2,1H3,(H2,21,22,23);1H. The molecule has 0 aliphatic carbocycles. The van der Waals surface area contributed by atoms with Crippen LogP contribution < -0.4 is 10.6 Å². The third-order valence-corrected chi connectivity index (χ3v) is 5.90. The molecule has 0 saturated carbocycles. The number of thiophene rings is 1. The molecular weight excluding hydrogens is 497 g/mol. The average molecular weight is 525 g/mol. The molecule has 3 aromatic rings. The highest BCUT2D eigenvalue weighted by molar-refractivity contribution is 14.0. The highest BCUT2D eigenvalue weighted by Crippen LogP contribution is 2.15. The third-order valence-electron chi connectivity index (χ3n) is 5.16. The number of halogens is 1. The third kappa shape index (κ3) is 5.89. The summed E-state index contributed by atoms with van der Waals surface area (Å²) in [5, 5.41) is 19.9. The molecule has 2 N–H and O–H groups in total. The van der Waals surface area contributed by atoms with Crippen LogP contribution in [0.4, 0.5) is 0 Å². The average Bonchev–Trinajstić information content (AvgIpc) is 3.39. The number of pyridine rings is 1. The van der Waals surface area contributed by atoms with Crippen LogP contribution in [0.2, 0.25) is 0 Å². The van der Waals surface area contributed by atoms with E-state index < -0.39 is 0 Å². The lowest BCUT2D eigenvalue weighted by molar-refractivity contribution is 0.198. The second-order valence-corrected chi connectivity index (χ2v) is 7.90. The number of nitrogens with one attached hydrogen (secondary N) is 2. The van der Waals surface area contributed by atoms with Gasteiger partial charge in [-0.15, -0.1) is 34.2 Å². The first-order valence-corrected chi connectivity index (χ1v) is 10.8. The van der Waals surface area contributed by atoms with Crippen molar-refractivity contribution in [2.45, 2.75) is 31.8 Å². The Balaban J connectivity index is 0.00000240. The van der Waals surface area contributed by atoms with Crippen molar-refractivity contribution in [2.24, 2.45) is 4.99 Å². The Bertz CT molecular complexity index is 901. The van der Waals surface area contributed by atoms with E-state index in [1.807, 2.05) is 35.8 Å². The normalized spacial score (nSPS) is 16.0. The predicted octanol–water partition coefficient (Wildman–Crippen LogP) is 2.78. The topological polar surface area (TPSA) is 69.8 Å². The van der Waals surface area contributed by atoms with Gasteiger partial charge in [0.1, 0.15) is 5.82 Å². The largest absolute Gasteiger partial charge is 0.356 e. The first-order valence-electron chi connectivity index (χ1n) is 9.81. The molecule has 4 heterocycles. The summed E-state index contributed by atoms with van der Waals surface area (Å²) in [6.45, 7) is 4.08. The van der Waals surface area contributed by atoms with Gasteiger partial charge in [-0.05, 0) is 47.4 Å². The highest BCUT2D eigenvalue weighted by atomic mass is 127. The van der Waals surface area contributed by atoms with Gasteiger partial charge in [-0.25, -0.2) is 0 Å². The second kappa shape index (κ2) is 10.9. The van der Waals surface area contributed by atoms with Crippen LogP contribution in [0, 0.1) is 0 Å². The van der Waals surface area contributed by atoms with E-state index in [-0.39, 0.29) is 24.0 Å². The number of guanidine groups is 1. The summed E-state index contributed by atoms with van der Waals surface area (Å²) in [6, 6.07) is 8.63. The monoisotopic (exact) mass is 525 g/mol. The maximum absolute atomic E-state index is 4.38. The zero-order valence-electron chi connectivity index (χ0n) is 16.6. The van der Waals surface area contributed by atoms with Crippen molar-refractivity contribution in [1.29, 1.82) is 0 Å². The first kappa shape index (κ1) is 22.0. The Morgan fingerprint density at radius 1 is 1.24 bits per heavy atom. The van der Waals surface area contributed by atoms with Crippen molar-refractivity contribution >= 4 is 46.9 Å². The van der Waals surface area contributed by atoms with E-state index >= 15 is 0 Å². The summed E-state index contributed by atoms with van der Waals surface area (Å²) in [6.07, 6.45) is 5.08. The van der Waals surface area contributed by atoms with Crippen molar-refractivity contribution in [3.05, 3.63) is 52.6 Å². The molecule has 3 aromatic heterocycles. The molecule has 0 spiro atoms. The van der Waals surface area contributed by atoms with Crippen molar-refractivity contribution in [3.63, 3.8) is 0 Å². The van der Waals surface area contributed by atoms with E-state index in [1.165, 1.54) is 5.56 Å². The van der Waals surface area contributed by atoms with Gasteiger partial charge in [0.15, 0.2) is 11.6 Å². The Labute approximate surface area is 192 Å². The Morgan fingerprint density at radius 2 is 2.10 bits per heavy atom. The summed E-state index contributed by atoms with van der Waals surface area (Å²) >= 11 is 1.77. The van der Waals surface area contributed by atoms with Crippen LogP contribution in [0.25, 0.3) is 5.65 Å². The van der Waals surface area contributed by atoms with E-state index in [4.69, 9.17) is 0 Å². The first-order chi connectivity index (χ1) is 13.8. The minimum atomic E-state index is 0. The van der Waals surface area contributed by atoms with E-state index in [0.29, 0.717) is 6.04 Å². The molecular formula is C20H28IN7S. The van der Waals surface area contributed by atoms with Gasteiger partial charge in [0.05, 0.1) is 0 Å². The minimum absolute atomic E-state index is 0. The summed E-state index contributed by atoms with van der Waals surface area (Å²) in [7, 11) is 1.83. The van der Waals surface area contributed by atoms with Crippen LogP contribution in [-0.2, 0) is 13.0 Å². The van der Waals surface area contributed by atoms with Gasteiger partial charge >= 0.3 is 0 Å². The molecule has 1 saturated heterocycles. The van der Waals surface area contributed by atoms with Gasteiger partial charge in [0.2, 0.25) is 0 Å². The molecule has 0 unspecified atom stereocenters. The Hall–Kier alpha value is -1.72. The fraction of sp³-hybridized carbons (Fsp3) is 0.450. The smallest absolute Gasteiger partial charge is 0.191 e. The van der Waals surface area contributed by atoms with Gasteiger partial charge in [-0.1, -0.05) is 6.07 Å². The molecule has 29 heavy (non-hydrogen) atoms. The SMILES string of the molecule is CN=C(NCCc1nnc2ccccn12)NC1CCN(Cc2ccsc2)CC1.I. The van der Waals surface area contributed by atoms with Gasteiger partial charge < -0.3 is 10.6 Å². The number of likely N-dealkylation sites (tertiary alicyclic amines) is 1. The van der Waals surface area contributed by atoms with Gasteiger partial charge in [-0.2, -0.15) is 11.3 Å². The molecule has 1 aliphatic rings. The maximum Gasteiger partial charge on any atom is 0.191 e. The Morgan fingerprint density at radius 3 is 2.86 bits per heavy atom. The van der Waals surface area contributed by atoms with Crippen LogP contribution >= 0.6 is 35.3 Å². The van der Waals surface area contributed by atoms with Gasteiger partial charge in [0.25, 0.3) is 0 Å². The molecule has 4 rings (SSSR count). The molecule has 0 amide bonds. The van der Waals surface area contributed by atoms with Crippen LogP contribution in [0.3, 0.4) is 0 Å². The van der Waals surface area contributed by atoms with Crippen molar-refractivity contribution in [3.8, 4) is 0 Å². The van der Waals surface area contributed by atoms with Crippen LogP contribution in [0.15, 0.2) is 46.2 Å². The summed E-state index contributed by atoms with van der Waals surface area (Å²) < 4.78 is 2.03. The molecule has 9 heteroatoms. The Kier molecular flexibility index (Phi) is 8.25. The van der Waals surface area contributed by atoms with Gasteiger partial charge in [-0.3, -0.25) is 14.3 Å². The number of hydrogen-bond acceptors (Lipinski definition) is 5. The minimum Gasteiger partial charge on any atom is -0.356 e. The molecule has 0 bridgehead atoms. The molecule has 0 radical (unpaired) electrons. The number of rotatable bonds is 6. The molecule has 0 aromatic carbocycles. The number of fused-ring (bicyclic) bond motifs is 1. The molecule has 0 atom stereocenters. The lowest BCUT2D eigenvalue weighted by Gasteiger charge is -2.32. The fourth-order valence-electron chi connectivity index (χ4n) is 3.62. The fourth-order valence-corrected chi connectivity index (χ4v) is 4.28. The number of nitrogens with zero attached hydrogens (tertiary/aromatic N) is 5. The van der Waals surface area contributed by atoms with Gasteiger partial charge in [0, 0.05) is 51.9 Å². The number of piperidine rings is 1. The number of hydrogen-bond donors (Lipinski definition) is 2. The maximum atomic E-state index is 4.38. The zero-order chi connectivity index (χ0) is 19.2. The number of aromatic nitrogens is 3. The lowest BCUT2D eigenvalue weighted by atomic mass is 10.0. The molecule has 156 valence electrons. The summed E-state index contributed by atoms with van der Waals surface area (Å²) in [5.41, 5.74) is 2.31. The zero-order valence-corrected chi connectivity index (χ0v) is 19.8. The van der Waals surface area contributed by atoms with Crippen molar-refractivity contribution < 1.29 is 0 Å².